The Morgan fingerprint density at radius 2 is 1.63 bits per heavy atom. The monoisotopic (exact) mass is 366 g/mol. The molecular weight excluding hydrogens is 348 g/mol. The van der Waals surface area contributed by atoms with E-state index >= 15 is 0 Å². The molecule has 1 aromatic heterocycles. The van der Waals surface area contributed by atoms with Crippen LogP contribution in [0.4, 0.5) is 0 Å². The summed E-state index contributed by atoms with van der Waals surface area (Å²) in [5.41, 5.74) is 1.06. The maximum Gasteiger partial charge on any atom is 0.235 e. The fourth-order valence-electron chi connectivity index (χ4n) is 2.85. The van der Waals surface area contributed by atoms with E-state index in [4.69, 9.17) is 23.4 Å². The number of fused-ring (bicyclic) bond motifs is 1. The average Bonchev–Trinajstić information content (AvgIpc) is 3.61. The highest BCUT2D eigenvalue weighted by atomic mass is 16.6. The van der Waals surface area contributed by atoms with Crippen molar-refractivity contribution in [1.82, 2.24) is 0 Å². The highest BCUT2D eigenvalue weighted by Crippen LogP contribution is 2.32. The van der Waals surface area contributed by atoms with E-state index in [0.717, 1.165) is 12.2 Å². The SMILES string of the molecule is O=c1c(OCC2CO2)c(-c2ccccc2)oc2ccc(OCC3CO3)cc12. The van der Waals surface area contributed by atoms with Crippen LogP contribution in [0.1, 0.15) is 0 Å². The van der Waals surface area contributed by atoms with E-state index in [1.807, 2.05) is 30.3 Å². The molecule has 2 aromatic carbocycles. The maximum atomic E-state index is 13.2. The molecule has 6 nitrogen and oxygen atoms in total. The Morgan fingerprint density at radius 1 is 0.926 bits per heavy atom. The Bertz CT molecular complexity index is 1020. The van der Waals surface area contributed by atoms with E-state index in [0.29, 0.717) is 42.3 Å². The number of hydrogen-bond acceptors (Lipinski definition) is 6. The van der Waals surface area contributed by atoms with E-state index in [2.05, 4.69) is 0 Å². The van der Waals surface area contributed by atoms with Crippen molar-refractivity contribution < 1.29 is 23.4 Å². The van der Waals surface area contributed by atoms with Gasteiger partial charge in [-0.25, -0.2) is 0 Å². The molecule has 2 atom stereocenters. The van der Waals surface area contributed by atoms with Crippen molar-refractivity contribution in [3.8, 4) is 22.8 Å². The molecule has 0 aliphatic carbocycles. The zero-order valence-corrected chi connectivity index (χ0v) is 14.6. The number of hydrogen-bond donors (Lipinski definition) is 0. The molecule has 5 rings (SSSR count). The molecule has 2 aliphatic rings. The quantitative estimate of drug-likeness (QED) is 0.599. The fourth-order valence-corrected chi connectivity index (χ4v) is 2.85. The van der Waals surface area contributed by atoms with Crippen molar-refractivity contribution >= 4 is 11.0 Å². The molecule has 0 N–H and O–H groups in total. The van der Waals surface area contributed by atoms with E-state index in [-0.39, 0.29) is 23.4 Å². The molecule has 138 valence electrons. The van der Waals surface area contributed by atoms with Gasteiger partial charge in [-0.3, -0.25) is 4.79 Å². The molecule has 2 saturated heterocycles. The molecule has 0 saturated carbocycles. The molecule has 3 heterocycles. The first-order valence-electron chi connectivity index (χ1n) is 8.93. The van der Waals surface area contributed by atoms with Crippen molar-refractivity contribution in [2.24, 2.45) is 0 Å². The lowest BCUT2D eigenvalue weighted by atomic mass is 10.1. The predicted molar refractivity (Wildman–Crippen MR) is 98.4 cm³/mol. The summed E-state index contributed by atoms with van der Waals surface area (Å²) in [5, 5.41) is 0.426. The van der Waals surface area contributed by atoms with Crippen molar-refractivity contribution in [2.75, 3.05) is 26.4 Å². The van der Waals surface area contributed by atoms with Gasteiger partial charge in [-0.05, 0) is 18.2 Å². The minimum absolute atomic E-state index is 0.0388. The van der Waals surface area contributed by atoms with Gasteiger partial charge in [0.1, 0.15) is 36.8 Å². The minimum Gasteiger partial charge on any atom is -0.491 e. The van der Waals surface area contributed by atoms with Gasteiger partial charge in [0.2, 0.25) is 11.2 Å². The Labute approximate surface area is 155 Å². The zero-order chi connectivity index (χ0) is 18.2. The summed E-state index contributed by atoms with van der Waals surface area (Å²) in [5.74, 6) is 1.23. The first-order chi connectivity index (χ1) is 13.3. The van der Waals surface area contributed by atoms with Crippen LogP contribution >= 0.6 is 0 Å². The van der Waals surface area contributed by atoms with Crippen molar-refractivity contribution in [3.05, 3.63) is 58.8 Å². The zero-order valence-electron chi connectivity index (χ0n) is 14.6. The summed E-state index contributed by atoms with van der Waals surface area (Å²) in [6.07, 6.45) is 0.187. The number of ether oxygens (including phenoxy) is 4. The first-order valence-corrected chi connectivity index (χ1v) is 8.93. The van der Waals surface area contributed by atoms with Crippen LogP contribution in [0.5, 0.6) is 11.5 Å². The predicted octanol–water partition coefficient (Wildman–Crippen LogP) is 3.02. The molecule has 2 fully saturated rings. The lowest BCUT2D eigenvalue weighted by Gasteiger charge is -2.12. The number of rotatable bonds is 7. The highest BCUT2D eigenvalue weighted by Gasteiger charge is 2.26. The van der Waals surface area contributed by atoms with Gasteiger partial charge >= 0.3 is 0 Å². The largest absolute Gasteiger partial charge is 0.491 e. The third-order valence-corrected chi connectivity index (χ3v) is 4.51. The molecular formula is C21H18O6. The summed E-state index contributed by atoms with van der Waals surface area (Å²) in [6, 6.07) is 14.7. The van der Waals surface area contributed by atoms with Gasteiger partial charge < -0.3 is 23.4 Å². The molecule has 27 heavy (non-hydrogen) atoms. The number of epoxide rings is 2. The van der Waals surface area contributed by atoms with Gasteiger partial charge in [0.25, 0.3) is 0 Å². The summed E-state index contributed by atoms with van der Waals surface area (Å²) < 4.78 is 27.9. The van der Waals surface area contributed by atoms with Crippen LogP contribution in [0.3, 0.4) is 0 Å². The van der Waals surface area contributed by atoms with Crippen LogP contribution in [-0.4, -0.2) is 38.6 Å². The summed E-state index contributed by atoms with van der Waals surface area (Å²) in [6.45, 7) is 2.17. The van der Waals surface area contributed by atoms with Crippen LogP contribution in [0, 0.1) is 0 Å². The highest BCUT2D eigenvalue weighted by molar-refractivity contribution is 5.83. The third kappa shape index (κ3) is 3.54. The molecule has 6 heteroatoms. The van der Waals surface area contributed by atoms with Crippen LogP contribution in [0.15, 0.2) is 57.7 Å². The van der Waals surface area contributed by atoms with E-state index in [1.165, 1.54) is 0 Å². The Kier molecular flexibility index (Phi) is 4.07. The van der Waals surface area contributed by atoms with Gasteiger partial charge in [0, 0.05) is 5.56 Å². The lowest BCUT2D eigenvalue weighted by molar-refractivity contribution is 0.258. The van der Waals surface area contributed by atoms with Crippen molar-refractivity contribution in [1.29, 1.82) is 0 Å². The summed E-state index contributed by atoms with van der Waals surface area (Å²) in [7, 11) is 0. The lowest BCUT2D eigenvalue weighted by Crippen LogP contribution is -2.14. The average molecular weight is 366 g/mol. The van der Waals surface area contributed by atoms with Gasteiger partial charge in [-0.1, -0.05) is 30.3 Å². The molecule has 2 aliphatic heterocycles. The Morgan fingerprint density at radius 3 is 2.33 bits per heavy atom. The molecule has 0 bridgehead atoms. The van der Waals surface area contributed by atoms with Crippen LogP contribution in [0.2, 0.25) is 0 Å². The van der Waals surface area contributed by atoms with Crippen LogP contribution in [-0.2, 0) is 9.47 Å². The summed E-state index contributed by atoms with van der Waals surface area (Å²) in [4.78, 5) is 13.2. The maximum absolute atomic E-state index is 13.2. The Balaban J connectivity index is 1.57. The molecule has 2 unspecified atom stereocenters. The molecule has 3 aromatic rings. The fraction of sp³-hybridized carbons (Fsp3) is 0.286. The minimum atomic E-state index is -0.219. The molecule has 0 amide bonds. The normalized spacial score (nSPS) is 20.4. The van der Waals surface area contributed by atoms with Crippen LogP contribution in [0.25, 0.3) is 22.3 Å². The standard InChI is InChI=1S/C21H18O6/c22-19-17-8-14(23-9-15-10-24-15)6-7-18(17)27-20(13-4-2-1-3-5-13)21(19)26-12-16-11-25-16/h1-8,15-16H,9-12H2. The van der Waals surface area contributed by atoms with Gasteiger partial charge in [0.15, 0.2) is 5.76 Å². The number of benzene rings is 2. The van der Waals surface area contributed by atoms with Crippen molar-refractivity contribution in [3.63, 3.8) is 0 Å². The van der Waals surface area contributed by atoms with E-state index in [1.54, 1.807) is 18.2 Å². The van der Waals surface area contributed by atoms with Gasteiger partial charge in [-0.15, -0.1) is 0 Å². The second-order valence-corrected chi connectivity index (χ2v) is 6.65. The van der Waals surface area contributed by atoms with Gasteiger partial charge in [0.05, 0.1) is 18.6 Å². The Hall–Kier alpha value is -2.83. The van der Waals surface area contributed by atoms with E-state index in [9.17, 15) is 4.79 Å². The first kappa shape index (κ1) is 16.4. The van der Waals surface area contributed by atoms with Crippen molar-refractivity contribution in [2.45, 2.75) is 12.2 Å². The van der Waals surface area contributed by atoms with E-state index < -0.39 is 0 Å². The smallest absolute Gasteiger partial charge is 0.235 e. The topological polar surface area (TPSA) is 73.7 Å². The van der Waals surface area contributed by atoms with Crippen LogP contribution < -0.4 is 14.9 Å². The molecule has 0 spiro atoms. The second-order valence-electron chi connectivity index (χ2n) is 6.65. The third-order valence-electron chi connectivity index (χ3n) is 4.51. The second kappa shape index (κ2) is 6.72. The van der Waals surface area contributed by atoms with Gasteiger partial charge in [-0.2, -0.15) is 0 Å². The molecule has 0 radical (unpaired) electrons. The summed E-state index contributed by atoms with van der Waals surface area (Å²) >= 11 is 0.